The summed E-state index contributed by atoms with van der Waals surface area (Å²) in [5.74, 6) is -13.9. The number of hydrogen-bond donors (Lipinski definition) is 0. The Labute approximate surface area is 147 Å². The molecule has 0 bridgehead atoms. The minimum absolute atomic E-state index is 0.112. The molecule has 0 spiro atoms. The maximum atomic E-state index is 13.4. The first kappa shape index (κ1) is 22.2. The molecule has 0 aromatic heterocycles. The van der Waals surface area contributed by atoms with E-state index in [1.165, 1.54) is 6.92 Å². The van der Waals surface area contributed by atoms with Gasteiger partial charge >= 0.3 is 14.1 Å². The number of halogens is 5. The molecule has 11 heteroatoms. The highest BCUT2D eigenvalue weighted by Crippen LogP contribution is 2.34. The molecule has 0 aliphatic rings. The van der Waals surface area contributed by atoms with Gasteiger partial charge in [0, 0.05) is 0 Å². The lowest BCUT2D eigenvalue weighted by atomic mass is 10.1. The van der Waals surface area contributed by atoms with Gasteiger partial charge in [0.15, 0.2) is 6.04 Å². The summed E-state index contributed by atoms with van der Waals surface area (Å²) in [4.78, 5) is 23.4. The van der Waals surface area contributed by atoms with Crippen molar-refractivity contribution in [3.8, 4) is 5.75 Å². The van der Waals surface area contributed by atoms with Crippen LogP contribution in [0.1, 0.15) is 33.6 Å². The van der Waals surface area contributed by atoms with Gasteiger partial charge in [-0.3, -0.25) is 4.52 Å². The lowest BCUT2D eigenvalue weighted by Gasteiger charge is -2.13. The van der Waals surface area contributed by atoms with Crippen molar-refractivity contribution in [1.29, 1.82) is 0 Å². The molecule has 0 fully saturated rings. The molecule has 2 atom stereocenters. The summed E-state index contributed by atoms with van der Waals surface area (Å²) in [6.45, 7) is 5.11. The third-order valence-corrected chi connectivity index (χ3v) is 4.44. The fourth-order valence-corrected chi connectivity index (χ4v) is 2.54. The smallest absolute Gasteiger partial charge is 0.395 e. The first-order valence-corrected chi connectivity index (χ1v) is 8.80. The molecule has 0 aliphatic heterocycles. The van der Waals surface area contributed by atoms with Gasteiger partial charge in [0.25, 0.3) is 5.75 Å². The molecular formula is C15H17F5NO4P. The third kappa shape index (κ3) is 5.35. The lowest BCUT2D eigenvalue weighted by Crippen LogP contribution is -2.21. The van der Waals surface area contributed by atoms with E-state index in [1.54, 1.807) is 0 Å². The van der Waals surface area contributed by atoms with Crippen LogP contribution < -0.4 is 9.42 Å². The highest BCUT2D eigenvalue weighted by atomic mass is 31.1. The molecule has 1 aromatic carbocycles. The quantitative estimate of drug-likeness (QED) is 0.217. The zero-order valence-electron chi connectivity index (χ0n) is 14.2. The van der Waals surface area contributed by atoms with Crippen LogP contribution in [-0.4, -0.2) is 18.6 Å². The van der Waals surface area contributed by atoms with Crippen LogP contribution >= 0.6 is 8.17 Å². The van der Waals surface area contributed by atoms with Crippen molar-refractivity contribution in [2.45, 2.75) is 39.7 Å². The third-order valence-electron chi connectivity index (χ3n) is 3.56. The van der Waals surface area contributed by atoms with Gasteiger partial charge in [0.1, 0.15) is 0 Å². The van der Waals surface area contributed by atoms with Crippen LogP contribution in [0, 0.1) is 35.0 Å². The Bertz CT molecular complexity index is 668. The van der Waals surface area contributed by atoms with Crippen molar-refractivity contribution in [3.63, 3.8) is 0 Å². The maximum absolute atomic E-state index is 13.4. The van der Waals surface area contributed by atoms with E-state index in [4.69, 9.17) is 4.74 Å². The minimum Gasteiger partial charge on any atom is -0.575 e. The molecular weight excluding hydrogens is 384 g/mol. The van der Waals surface area contributed by atoms with Gasteiger partial charge < -0.3 is 9.63 Å². The lowest BCUT2D eigenvalue weighted by molar-refractivity contribution is -0.170. The highest BCUT2D eigenvalue weighted by Gasteiger charge is 2.30. The van der Waals surface area contributed by atoms with Crippen molar-refractivity contribution < 1.29 is 40.9 Å². The number of rotatable bonds is 8. The zero-order valence-corrected chi connectivity index (χ0v) is 15.1. The van der Waals surface area contributed by atoms with Gasteiger partial charge in [-0.1, -0.05) is 31.4 Å². The van der Waals surface area contributed by atoms with Crippen LogP contribution in [0.2, 0.25) is 0 Å². The van der Waals surface area contributed by atoms with Crippen LogP contribution in [0.25, 0.3) is 0 Å². The van der Waals surface area contributed by atoms with Gasteiger partial charge in [-0.15, -0.1) is 0 Å². The Hall–Kier alpha value is -1.80. The van der Waals surface area contributed by atoms with E-state index in [1.807, 2.05) is 13.8 Å². The number of benzene rings is 1. The van der Waals surface area contributed by atoms with E-state index in [0.29, 0.717) is 0 Å². The number of carbonyl (C=O) groups excluding carboxylic acids is 1. The SMILES string of the molecule is CCC(CC)COC(=O)[C@H](C)N=[P+]([O-])Oc1c(F)c(F)c(F)c(F)c1F. The average Bonchev–Trinajstić information content (AvgIpc) is 2.62. The Morgan fingerprint density at radius 1 is 1.04 bits per heavy atom. The molecule has 1 unspecified atom stereocenters. The van der Waals surface area contributed by atoms with Gasteiger partial charge in [-0.05, 0) is 12.8 Å². The number of carbonyl (C=O) groups is 1. The fourth-order valence-electron chi connectivity index (χ4n) is 1.80. The highest BCUT2D eigenvalue weighted by molar-refractivity contribution is 7.34. The number of nitrogens with zero attached hydrogens (tertiary/aromatic N) is 1. The van der Waals surface area contributed by atoms with E-state index in [9.17, 15) is 31.6 Å². The predicted molar refractivity (Wildman–Crippen MR) is 80.7 cm³/mol. The van der Waals surface area contributed by atoms with Crippen molar-refractivity contribution in [1.82, 2.24) is 0 Å². The van der Waals surface area contributed by atoms with Crippen LogP contribution in [0.5, 0.6) is 5.75 Å². The maximum Gasteiger partial charge on any atom is 0.395 e. The molecule has 0 saturated heterocycles. The van der Waals surface area contributed by atoms with Crippen LogP contribution in [0.4, 0.5) is 22.0 Å². The Balaban J connectivity index is 2.87. The summed E-state index contributed by atoms with van der Waals surface area (Å²) < 4.78 is 78.4. The Morgan fingerprint density at radius 2 is 1.50 bits per heavy atom. The van der Waals surface area contributed by atoms with Gasteiger partial charge in [-0.2, -0.15) is 8.78 Å². The molecule has 5 nitrogen and oxygen atoms in total. The predicted octanol–water partition coefficient (Wildman–Crippen LogP) is 3.98. The zero-order chi connectivity index (χ0) is 20.0. The summed E-state index contributed by atoms with van der Waals surface area (Å²) >= 11 is 0. The van der Waals surface area contributed by atoms with E-state index >= 15 is 0 Å². The molecule has 0 heterocycles. The molecule has 0 radical (unpaired) electrons. The normalized spacial score (nSPS) is 13.1. The summed E-state index contributed by atoms with van der Waals surface area (Å²) in [5, 5.41) is 0. The fraction of sp³-hybridized carbons (Fsp3) is 0.533. The second kappa shape index (κ2) is 9.78. The molecule has 0 saturated carbocycles. The molecule has 1 rings (SSSR count). The number of ether oxygens (including phenoxy) is 1. The molecule has 26 heavy (non-hydrogen) atoms. The van der Waals surface area contributed by atoms with Crippen LogP contribution in [-0.2, 0) is 9.53 Å². The molecule has 0 N–H and O–H groups in total. The summed E-state index contributed by atoms with van der Waals surface area (Å²) in [6.07, 6.45) is 1.54. The van der Waals surface area contributed by atoms with Crippen molar-refractivity contribution >= 4 is 14.1 Å². The van der Waals surface area contributed by atoms with E-state index in [-0.39, 0.29) is 12.5 Å². The van der Waals surface area contributed by atoms with Crippen molar-refractivity contribution in [2.75, 3.05) is 6.61 Å². The first-order valence-electron chi connectivity index (χ1n) is 7.67. The summed E-state index contributed by atoms with van der Waals surface area (Å²) in [5.41, 5.74) is 0. The van der Waals surface area contributed by atoms with Crippen LogP contribution in [0.15, 0.2) is 4.74 Å². The number of hydrogen-bond acceptors (Lipinski definition) is 5. The second-order valence-electron chi connectivity index (χ2n) is 5.33. The number of esters is 1. The Kier molecular flexibility index (Phi) is 8.36. The minimum atomic E-state index is -3.29. The average molecular weight is 401 g/mol. The van der Waals surface area contributed by atoms with Crippen molar-refractivity contribution in [3.05, 3.63) is 29.1 Å². The van der Waals surface area contributed by atoms with Gasteiger partial charge in [0.05, 0.1) is 6.61 Å². The van der Waals surface area contributed by atoms with E-state index in [2.05, 4.69) is 9.27 Å². The molecule has 1 aromatic rings. The van der Waals surface area contributed by atoms with E-state index in [0.717, 1.165) is 12.8 Å². The largest absolute Gasteiger partial charge is 0.575 e. The van der Waals surface area contributed by atoms with Gasteiger partial charge in [0.2, 0.25) is 29.1 Å². The van der Waals surface area contributed by atoms with E-state index < -0.39 is 55.0 Å². The Morgan fingerprint density at radius 3 is 1.96 bits per heavy atom. The molecule has 0 aliphatic carbocycles. The summed E-state index contributed by atoms with van der Waals surface area (Å²) in [6, 6.07) is -1.32. The van der Waals surface area contributed by atoms with Crippen LogP contribution in [0.3, 0.4) is 0 Å². The monoisotopic (exact) mass is 401 g/mol. The standard InChI is InChI=1S/C15H17F5NO4P/c1-4-8(5-2)6-24-15(22)7(3)21-26(23)25-14-12(19)10(17)9(16)11(18)13(14)20/h7-8H,4-6H2,1-3H3/t7-/m0/s1. The first-order chi connectivity index (χ1) is 12.1. The summed E-state index contributed by atoms with van der Waals surface area (Å²) in [7, 11) is -3.29. The molecule has 0 amide bonds. The second-order valence-corrected chi connectivity index (χ2v) is 6.22. The van der Waals surface area contributed by atoms with Crippen molar-refractivity contribution in [2.24, 2.45) is 10.7 Å². The molecule has 146 valence electrons. The van der Waals surface area contributed by atoms with Gasteiger partial charge in [-0.25, -0.2) is 18.0 Å². The topological polar surface area (TPSA) is 71.0 Å².